The summed E-state index contributed by atoms with van der Waals surface area (Å²) in [5.74, 6) is 1.68. The highest BCUT2D eigenvalue weighted by Gasteiger charge is 2.22. The summed E-state index contributed by atoms with van der Waals surface area (Å²) in [6.45, 7) is 0. The van der Waals surface area contributed by atoms with Crippen molar-refractivity contribution >= 4 is 85.0 Å². The molecule has 39 heavy (non-hydrogen) atoms. The van der Waals surface area contributed by atoms with Crippen LogP contribution in [-0.4, -0.2) is 14.5 Å². The normalized spacial score (nSPS) is 12.1. The Bertz CT molecular complexity index is 2390. The average Bonchev–Trinajstić information content (AvgIpc) is 3.66. The lowest BCUT2D eigenvalue weighted by Gasteiger charge is -2.11. The van der Waals surface area contributed by atoms with Crippen LogP contribution >= 0.6 is 22.7 Å². The molecule has 0 saturated carbocycles. The van der Waals surface area contributed by atoms with Crippen molar-refractivity contribution in [3.63, 3.8) is 0 Å². The van der Waals surface area contributed by atoms with E-state index in [0.29, 0.717) is 0 Å². The molecule has 4 aromatic heterocycles. The number of hydrogen-bond acceptors (Lipinski definition) is 4. The van der Waals surface area contributed by atoms with Crippen molar-refractivity contribution in [3.05, 3.63) is 115 Å². The fourth-order valence-electron chi connectivity index (χ4n) is 5.95. The van der Waals surface area contributed by atoms with Crippen LogP contribution in [-0.2, 0) is 0 Å². The summed E-state index contributed by atoms with van der Waals surface area (Å²) in [6, 6.07) is 40.9. The van der Waals surface area contributed by atoms with Crippen LogP contribution in [0.15, 0.2) is 115 Å². The van der Waals surface area contributed by atoms with E-state index in [9.17, 15) is 0 Å². The highest BCUT2D eigenvalue weighted by Crippen LogP contribution is 2.45. The fraction of sp³-hybridized carbons (Fsp3) is 0. The van der Waals surface area contributed by atoms with Gasteiger partial charge < -0.3 is 0 Å². The molecule has 0 amide bonds. The molecule has 0 saturated heterocycles. The second-order valence-electron chi connectivity index (χ2n) is 9.80. The number of thiophene rings is 2. The number of para-hydroxylation sites is 1. The van der Waals surface area contributed by atoms with Crippen molar-refractivity contribution in [2.24, 2.45) is 0 Å². The van der Waals surface area contributed by atoms with Gasteiger partial charge in [0, 0.05) is 46.6 Å². The lowest BCUT2D eigenvalue weighted by atomic mass is 10.1. The van der Waals surface area contributed by atoms with E-state index in [1.54, 1.807) is 11.3 Å². The lowest BCUT2D eigenvalue weighted by molar-refractivity contribution is 1.08. The van der Waals surface area contributed by atoms with Gasteiger partial charge in [0.1, 0.15) is 4.83 Å². The summed E-state index contributed by atoms with van der Waals surface area (Å²) in [4.78, 5) is 11.4. The van der Waals surface area contributed by atoms with Crippen molar-refractivity contribution in [2.75, 3.05) is 0 Å². The summed E-state index contributed by atoms with van der Waals surface area (Å²) in [6.07, 6.45) is 0. The Morgan fingerprint density at radius 1 is 0.487 bits per heavy atom. The Labute approximate surface area is 231 Å². The largest absolute Gasteiger partial charge is 0.293 e. The maximum atomic E-state index is 5.32. The molecule has 0 aliphatic carbocycles. The third kappa shape index (κ3) is 2.97. The molecule has 9 rings (SSSR count). The van der Waals surface area contributed by atoms with Crippen molar-refractivity contribution in [2.45, 2.75) is 0 Å². The average molecular weight is 534 g/mol. The van der Waals surface area contributed by atoms with E-state index < -0.39 is 0 Å². The SMILES string of the molecule is c1ccc(-c2nc(-n3c4ccccc4c4c5sc6ccccc6c5ccc43)c3c(n2)sc2ccccc23)cc1. The van der Waals surface area contributed by atoms with Crippen LogP contribution in [0.4, 0.5) is 0 Å². The van der Waals surface area contributed by atoms with Gasteiger partial charge in [-0.05, 0) is 24.3 Å². The zero-order valence-electron chi connectivity index (χ0n) is 20.6. The van der Waals surface area contributed by atoms with E-state index in [2.05, 4.69) is 102 Å². The third-order valence-electron chi connectivity index (χ3n) is 7.64. The molecular weight excluding hydrogens is 515 g/mol. The molecule has 4 heterocycles. The van der Waals surface area contributed by atoms with Gasteiger partial charge in [0.2, 0.25) is 0 Å². The van der Waals surface area contributed by atoms with Crippen LogP contribution < -0.4 is 0 Å². The van der Waals surface area contributed by atoms with Gasteiger partial charge in [-0.2, -0.15) is 0 Å². The van der Waals surface area contributed by atoms with E-state index in [1.807, 2.05) is 29.5 Å². The summed E-state index contributed by atoms with van der Waals surface area (Å²) < 4.78 is 6.23. The number of fused-ring (bicyclic) bond motifs is 10. The predicted octanol–water partition coefficient (Wildman–Crippen LogP) is 9.98. The highest BCUT2D eigenvalue weighted by atomic mass is 32.1. The van der Waals surface area contributed by atoms with E-state index in [-0.39, 0.29) is 0 Å². The molecule has 0 fully saturated rings. The minimum atomic E-state index is 0.749. The van der Waals surface area contributed by atoms with Crippen LogP contribution in [0, 0.1) is 0 Å². The summed E-state index contributed by atoms with van der Waals surface area (Å²) >= 11 is 3.61. The first-order chi connectivity index (χ1) is 19.3. The lowest BCUT2D eigenvalue weighted by Crippen LogP contribution is -2.01. The Hall–Kier alpha value is -4.58. The van der Waals surface area contributed by atoms with Crippen molar-refractivity contribution in [1.29, 1.82) is 0 Å². The fourth-order valence-corrected chi connectivity index (χ4v) is 8.28. The van der Waals surface area contributed by atoms with E-state index in [1.165, 1.54) is 46.5 Å². The van der Waals surface area contributed by atoms with Crippen molar-refractivity contribution in [3.8, 4) is 17.2 Å². The van der Waals surface area contributed by atoms with Gasteiger partial charge in [-0.15, -0.1) is 22.7 Å². The third-order valence-corrected chi connectivity index (χ3v) is 9.91. The first-order valence-electron chi connectivity index (χ1n) is 12.9. The van der Waals surface area contributed by atoms with E-state index in [4.69, 9.17) is 9.97 Å². The number of benzene rings is 5. The molecule has 5 aromatic carbocycles. The molecule has 5 heteroatoms. The predicted molar refractivity (Wildman–Crippen MR) is 168 cm³/mol. The summed E-state index contributed by atoms with van der Waals surface area (Å²) in [5.41, 5.74) is 3.35. The highest BCUT2D eigenvalue weighted by molar-refractivity contribution is 7.27. The Kier molecular flexibility index (Phi) is 4.36. The van der Waals surface area contributed by atoms with E-state index >= 15 is 0 Å². The van der Waals surface area contributed by atoms with Gasteiger partial charge in [-0.3, -0.25) is 4.57 Å². The first kappa shape index (κ1) is 21.4. The maximum Gasteiger partial charge on any atom is 0.163 e. The van der Waals surface area contributed by atoms with Gasteiger partial charge in [-0.25, -0.2) is 9.97 Å². The Morgan fingerprint density at radius 3 is 2.03 bits per heavy atom. The van der Waals surface area contributed by atoms with Crippen molar-refractivity contribution in [1.82, 2.24) is 14.5 Å². The van der Waals surface area contributed by atoms with Crippen molar-refractivity contribution < 1.29 is 0 Å². The summed E-state index contributed by atoms with van der Waals surface area (Å²) in [7, 11) is 0. The number of aromatic nitrogens is 3. The molecular formula is C34H19N3S2. The maximum absolute atomic E-state index is 5.32. The molecule has 0 atom stereocenters. The van der Waals surface area contributed by atoms with Gasteiger partial charge in [0.15, 0.2) is 11.6 Å². The minimum absolute atomic E-state index is 0.749. The quantitative estimate of drug-likeness (QED) is 0.221. The van der Waals surface area contributed by atoms with Gasteiger partial charge in [-0.1, -0.05) is 91.0 Å². The molecule has 3 nitrogen and oxygen atoms in total. The van der Waals surface area contributed by atoms with Crippen LogP contribution in [0.1, 0.15) is 0 Å². The molecule has 0 aliphatic heterocycles. The van der Waals surface area contributed by atoms with E-state index in [0.717, 1.165) is 32.9 Å². The smallest absolute Gasteiger partial charge is 0.163 e. The molecule has 0 N–H and O–H groups in total. The molecule has 0 radical (unpaired) electrons. The first-order valence-corrected chi connectivity index (χ1v) is 14.6. The minimum Gasteiger partial charge on any atom is -0.293 e. The monoisotopic (exact) mass is 533 g/mol. The summed E-state index contributed by atoms with van der Waals surface area (Å²) in [5, 5.41) is 7.46. The molecule has 0 spiro atoms. The molecule has 0 bridgehead atoms. The topological polar surface area (TPSA) is 30.7 Å². The van der Waals surface area contributed by atoms with Gasteiger partial charge in [0.25, 0.3) is 0 Å². The van der Waals surface area contributed by atoms with Crippen LogP contribution in [0.2, 0.25) is 0 Å². The standard InChI is InChI=1S/C34H19N3S2/c1-2-10-20(11-3-1)32-35-33(30-24-14-6-9-17-28(24)39-34(30)36-32)37-25-15-7-4-13-23(25)29-26(37)19-18-22-21-12-5-8-16-27(21)38-31(22)29/h1-19H. The van der Waals surface area contributed by atoms with Crippen LogP contribution in [0.5, 0.6) is 0 Å². The molecule has 9 aromatic rings. The number of hydrogen-bond donors (Lipinski definition) is 0. The molecule has 0 aliphatic rings. The Morgan fingerprint density at radius 2 is 1.18 bits per heavy atom. The van der Waals surface area contributed by atoms with Gasteiger partial charge >= 0.3 is 0 Å². The second-order valence-corrected chi connectivity index (χ2v) is 11.9. The second kappa shape index (κ2) is 7.96. The zero-order chi connectivity index (χ0) is 25.5. The molecule has 0 unspecified atom stereocenters. The number of rotatable bonds is 2. The molecule has 182 valence electrons. The van der Waals surface area contributed by atoms with Crippen LogP contribution in [0.25, 0.3) is 79.5 Å². The number of nitrogens with zero attached hydrogens (tertiary/aromatic N) is 3. The zero-order valence-corrected chi connectivity index (χ0v) is 22.3. The Balaban J connectivity index is 1.49. The van der Waals surface area contributed by atoms with Crippen LogP contribution in [0.3, 0.4) is 0 Å². The van der Waals surface area contributed by atoms with Gasteiger partial charge in [0.05, 0.1) is 16.4 Å².